The van der Waals surface area contributed by atoms with Crippen molar-refractivity contribution in [3.05, 3.63) is 70.8 Å². The Morgan fingerprint density at radius 3 is 2.66 bits per heavy atom. The fourth-order valence-corrected chi connectivity index (χ4v) is 2.86. The summed E-state index contributed by atoms with van der Waals surface area (Å²) in [7, 11) is 0. The molecule has 0 saturated carbocycles. The molecule has 0 fully saturated rings. The summed E-state index contributed by atoms with van der Waals surface area (Å²) < 4.78 is 32.3. The molecule has 168 valence electrons. The molecule has 1 heterocycles. The monoisotopic (exact) mass is 461 g/mol. The summed E-state index contributed by atoms with van der Waals surface area (Å²) in [5.74, 6) is -1.15. The second kappa shape index (κ2) is 10.8. The molecule has 10 heteroatoms. The van der Waals surface area contributed by atoms with E-state index in [-0.39, 0.29) is 28.4 Å². The van der Waals surface area contributed by atoms with Gasteiger partial charge in [-0.05, 0) is 61.9 Å². The van der Waals surface area contributed by atoms with Crippen LogP contribution in [0.15, 0.2) is 53.5 Å². The van der Waals surface area contributed by atoms with Crippen LogP contribution in [-0.2, 0) is 4.74 Å². The Labute approximate surface area is 188 Å². The molecule has 2 aromatic carbocycles. The summed E-state index contributed by atoms with van der Waals surface area (Å²) in [6.07, 6.45) is 0. The summed E-state index contributed by atoms with van der Waals surface area (Å²) in [4.78, 5) is 17.1. The smallest absolute Gasteiger partial charge is 0.258 e. The van der Waals surface area contributed by atoms with Gasteiger partial charge < -0.3 is 10.1 Å². The highest BCUT2D eigenvalue weighted by Crippen LogP contribution is 2.20. The minimum atomic E-state index is -0.702. The molecule has 0 aliphatic heterocycles. The Hall–Kier alpha value is -3.30. The van der Waals surface area contributed by atoms with Crippen molar-refractivity contribution in [1.82, 2.24) is 15.5 Å². The summed E-state index contributed by atoms with van der Waals surface area (Å²) in [5, 5.41) is 12.5. The molecule has 0 aliphatic carbocycles. The number of carbonyl (C=O) groups excluding carboxylic acids is 1. The SMILES string of the molecule is CCOC[C@H](C)N=C(NC(=O)c1ccc(Cl)c(F)c1)Nc1cc(-c2ccc(F)cc2)[nH]n1. The third kappa shape index (κ3) is 6.35. The van der Waals surface area contributed by atoms with E-state index in [2.05, 4.69) is 25.8 Å². The number of nitrogens with one attached hydrogen (secondary N) is 3. The van der Waals surface area contributed by atoms with Crippen LogP contribution in [0.25, 0.3) is 11.3 Å². The maximum Gasteiger partial charge on any atom is 0.258 e. The minimum absolute atomic E-state index is 0.0768. The number of benzene rings is 2. The first-order valence-corrected chi connectivity index (χ1v) is 10.2. The van der Waals surface area contributed by atoms with Crippen molar-refractivity contribution >= 4 is 29.3 Å². The summed E-state index contributed by atoms with van der Waals surface area (Å²) in [6.45, 7) is 4.56. The second-order valence-corrected chi connectivity index (χ2v) is 7.28. The summed E-state index contributed by atoms with van der Waals surface area (Å²) in [6, 6.07) is 11.1. The van der Waals surface area contributed by atoms with Gasteiger partial charge in [0.1, 0.15) is 11.6 Å². The molecule has 1 aromatic heterocycles. The molecule has 0 spiro atoms. The van der Waals surface area contributed by atoms with Crippen LogP contribution in [0, 0.1) is 11.6 Å². The van der Waals surface area contributed by atoms with Gasteiger partial charge in [0.15, 0.2) is 5.82 Å². The number of aromatic nitrogens is 2. The standard InChI is InChI=1S/C22H22ClF2N5O2/c1-3-32-12-13(2)26-22(28-21(31)15-6-9-17(23)18(25)10-15)27-20-11-19(29-30-20)14-4-7-16(24)8-5-14/h4-11,13H,3,12H2,1-2H3,(H3,26,27,28,29,30,31)/t13-/m0/s1. The molecule has 0 aliphatic rings. The zero-order valence-electron chi connectivity index (χ0n) is 17.5. The van der Waals surface area contributed by atoms with Crippen LogP contribution in [0.3, 0.4) is 0 Å². The number of H-pyrrole nitrogens is 1. The highest BCUT2D eigenvalue weighted by Gasteiger charge is 2.14. The first-order valence-electron chi connectivity index (χ1n) is 9.86. The summed E-state index contributed by atoms with van der Waals surface area (Å²) >= 11 is 5.69. The average Bonchev–Trinajstić information content (AvgIpc) is 3.23. The normalized spacial score (nSPS) is 12.5. The fourth-order valence-electron chi connectivity index (χ4n) is 2.74. The lowest BCUT2D eigenvalue weighted by Gasteiger charge is -2.13. The van der Waals surface area contributed by atoms with Crippen LogP contribution in [0.1, 0.15) is 24.2 Å². The van der Waals surface area contributed by atoms with Crippen LogP contribution in [-0.4, -0.2) is 41.3 Å². The minimum Gasteiger partial charge on any atom is -0.380 e. The quantitative estimate of drug-likeness (QED) is 0.353. The molecule has 0 saturated heterocycles. The molecule has 3 rings (SSSR count). The molecular weight excluding hydrogens is 440 g/mol. The molecule has 3 aromatic rings. The van der Waals surface area contributed by atoms with E-state index in [4.69, 9.17) is 16.3 Å². The molecule has 7 nitrogen and oxygen atoms in total. The topological polar surface area (TPSA) is 91.4 Å². The second-order valence-electron chi connectivity index (χ2n) is 6.87. The van der Waals surface area contributed by atoms with E-state index in [0.29, 0.717) is 24.7 Å². The lowest BCUT2D eigenvalue weighted by atomic mass is 10.1. The zero-order chi connectivity index (χ0) is 23.1. The van der Waals surface area contributed by atoms with E-state index in [1.165, 1.54) is 24.3 Å². The predicted molar refractivity (Wildman–Crippen MR) is 120 cm³/mol. The number of halogens is 3. The largest absolute Gasteiger partial charge is 0.380 e. The number of guanidine groups is 1. The van der Waals surface area contributed by atoms with Gasteiger partial charge in [-0.3, -0.25) is 15.2 Å². The van der Waals surface area contributed by atoms with Crippen LogP contribution in [0.2, 0.25) is 5.02 Å². The number of hydrogen-bond donors (Lipinski definition) is 3. The molecule has 0 unspecified atom stereocenters. The number of rotatable bonds is 7. The number of nitrogens with zero attached hydrogens (tertiary/aromatic N) is 2. The van der Waals surface area contributed by atoms with Crippen molar-refractivity contribution in [3.8, 4) is 11.3 Å². The summed E-state index contributed by atoms with van der Waals surface area (Å²) in [5.41, 5.74) is 1.45. The fraction of sp³-hybridized carbons (Fsp3) is 0.227. The number of ether oxygens (including phenoxy) is 1. The Bertz CT molecular complexity index is 1100. The molecular formula is C22H22ClF2N5O2. The molecule has 32 heavy (non-hydrogen) atoms. The Balaban J connectivity index is 1.79. The van der Waals surface area contributed by atoms with E-state index in [9.17, 15) is 13.6 Å². The molecule has 0 bridgehead atoms. The van der Waals surface area contributed by atoms with Gasteiger partial charge >= 0.3 is 0 Å². The van der Waals surface area contributed by atoms with Gasteiger partial charge in [-0.15, -0.1) is 0 Å². The maximum absolute atomic E-state index is 13.8. The van der Waals surface area contributed by atoms with E-state index in [1.807, 2.05) is 13.8 Å². The predicted octanol–water partition coefficient (Wildman–Crippen LogP) is 4.63. The molecule has 1 amide bonds. The zero-order valence-corrected chi connectivity index (χ0v) is 18.2. The van der Waals surface area contributed by atoms with Gasteiger partial charge in [-0.25, -0.2) is 13.8 Å². The number of amides is 1. The highest BCUT2D eigenvalue weighted by molar-refractivity contribution is 6.30. The van der Waals surface area contributed by atoms with Gasteiger partial charge in [0.25, 0.3) is 5.91 Å². The average molecular weight is 462 g/mol. The van der Waals surface area contributed by atoms with Crippen molar-refractivity contribution in [3.63, 3.8) is 0 Å². The number of hydrogen-bond acceptors (Lipinski definition) is 4. The van der Waals surface area contributed by atoms with Crippen LogP contribution < -0.4 is 10.6 Å². The van der Waals surface area contributed by atoms with Crippen molar-refractivity contribution in [2.75, 3.05) is 18.5 Å². The Kier molecular flexibility index (Phi) is 7.91. The van der Waals surface area contributed by atoms with Gasteiger partial charge in [0.2, 0.25) is 5.96 Å². The van der Waals surface area contributed by atoms with E-state index in [0.717, 1.165) is 11.6 Å². The lowest BCUT2D eigenvalue weighted by molar-refractivity contribution is 0.0975. The van der Waals surface area contributed by atoms with E-state index < -0.39 is 11.7 Å². The number of aromatic amines is 1. The molecule has 0 radical (unpaired) electrons. The highest BCUT2D eigenvalue weighted by atomic mass is 35.5. The molecule has 1 atom stereocenters. The van der Waals surface area contributed by atoms with Crippen molar-refractivity contribution in [2.45, 2.75) is 19.9 Å². The van der Waals surface area contributed by atoms with Gasteiger partial charge in [-0.2, -0.15) is 5.10 Å². The first kappa shape index (κ1) is 23.4. The van der Waals surface area contributed by atoms with Gasteiger partial charge in [-0.1, -0.05) is 11.6 Å². The van der Waals surface area contributed by atoms with E-state index >= 15 is 0 Å². The van der Waals surface area contributed by atoms with Gasteiger partial charge in [0, 0.05) is 18.2 Å². The van der Waals surface area contributed by atoms with E-state index in [1.54, 1.807) is 18.2 Å². The van der Waals surface area contributed by atoms with Gasteiger partial charge in [0.05, 0.1) is 23.4 Å². The number of carbonyl (C=O) groups is 1. The number of aliphatic imine (C=N–C) groups is 1. The van der Waals surface area contributed by atoms with Crippen LogP contribution in [0.5, 0.6) is 0 Å². The van der Waals surface area contributed by atoms with Crippen LogP contribution in [0.4, 0.5) is 14.6 Å². The first-order chi connectivity index (χ1) is 15.4. The third-order valence-electron chi connectivity index (χ3n) is 4.31. The Morgan fingerprint density at radius 2 is 1.97 bits per heavy atom. The van der Waals surface area contributed by atoms with Crippen molar-refractivity contribution in [2.24, 2.45) is 4.99 Å². The molecule has 3 N–H and O–H groups in total. The number of anilines is 1. The third-order valence-corrected chi connectivity index (χ3v) is 4.61. The maximum atomic E-state index is 13.8. The lowest BCUT2D eigenvalue weighted by Crippen LogP contribution is -2.37. The van der Waals surface area contributed by atoms with Crippen molar-refractivity contribution in [1.29, 1.82) is 0 Å². The van der Waals surface area contributed by atoms with Crippen LogP contribution >= 0.6 is 11.6 Å². The van der Waals surface area contributed by atoms with Crippen molar-refractivity contribution < 1.29 is 18.3 Å². The Morgan fingerprint density at radius 1 is 1.22 bits per heavy atom.